The summed E-state index contributed by atoms with van der Waals surface area (Å²) in [6.45, 7) is 0. The van der Waals surface area contributed by atoms with Crippen molar-refractivity contribution in [2.45, 2.75) is 12.5 Å². The monoisotopic (exact) mass is 614 g/mol. The van der Waals surface area contributed by atoms with Crippen LogP contribution in [0.15, 0.2) is 77.3 Å². The number of methoxy groups -OCH3 is 1. The summed E-state index contributed by atoms with van der Waals surface area (Å²) >= 11 is 14.9. The normalized spacial score (nSPS) is 14.9. The number of thiocarbonyl (C=S) groups is 1. The van der Waals surface area contributed by atoms with E-state index in [1.165, 1.54) is 29.2 Å². The minimum Gasteiger partial charge on any atom is -0.465 e. The van der Waals surface area contributed by atoms with Gasteiger partial charge in [-0.1, -0.05) is 27.5 Å². The largest absolute Gasteiger partial charge is 0.465 e. The maximum Gasteiger partial charge on any atom is 0.337 e. The number of rotatable bonds is 7. The quantitative estimate of drug-likeness (QED) is 0.296. The fourth-order valence-corrected chi connectivity index (χ4v) is 4.46. The van der Waals surface area contributed by atoms with E-state index in [1.54, 1.807) is 60.7 Å². The summed E-state index contributed by atoms with van der Waals surface area (Å²) < 4.78 is 5.47. The maximum atomic E-state index is 13.5. The second-order valence-electron chi connectivity index (χ2n) is 8.09. The summed E-state index contributed by atoms with van der Waals surface area (Å²) in [6, 6.07) is 18.0. The molecule has 194 valence electrons. The Hall–Kier alpha value is -3.80. The number of esters is 1. The topological polar surface area (TPSA) is 108 Å². The van der Waals surface area contributed by atoms with E-state index in [9.17, 15) is 19.2 Å². The second-order valence-corrected chi connectivity index (χ2v) is 9.80. The fourth-order valence-electron chi connectivity index (χ4n) is 3.70. The maximum absolute atomic E-state index is 13.5. The van der Waals surface area contributed by atoms with Crippen molar-refractivity contribution in [2.24, 2.45) is 0 Å². The minimum atomic E-state index is -1.12. The van der Waals surface area contributed by atoms with Crippen molar-refractivity contribution in [3.63, 3.8) is 0 Å². The van der Waals surface area contributed by atoms with Gasteiger partial charge < -0.3 is 10.1 Å². The lowest BCUT2D eigenvalue weighted by Crippen LogP contribution is -2.49. The van der Waals surface area contributed by atoms with E-state index in [4.69, 9.17) is 23.8 Å². The third-order valence-electron chi connectivity index (χ3n) is 5.60. The van der Waals surface area contributed by atoms with Crippen LogP contribution >= 0.6 is 39.7 Å². The Bertz CT molecular complexity index is 1400. The number of hydrogen-bond acceptors (Lipinski definition) is 6. The molecule has 38 heavy (non-hydrogen) atoms. The van der Waals surface area contributed by atoms with Crippen molar-refractivity contribution in [1.29, 1.82) is 0 Å². The molecular weight excluding hydrogens is 596 g/mol. The highest BCUT2D eigenvalue weighted by molar-refractivity contribution is 9.10. The number of carbonyl (C=O) groups excluding carboxylic acids is 4. The average Bonchev–Trinajstić information content (AvgIpc) is 3.13. The van der Waals surface area contributed by atoms with Crippen LogP contribution in [-0.4, -0.2) is 47.0 Å². The number of benzene rings is 3. The lowest BCUT2D eigenvalue weighted by atomic mass is 10.1. The van der Waals surface area contributed by atoms with Gasteiger partial charge in [0, 0.05) is 20.7 Å². The van der Waals surface area contributed by atoms with Crippen molar-refractivity contribution in [3.8, 4) is 0 Å². The van der Waals surface area contributed by atoms with Crippen LogP contribution in [0.3, 0.4) is 0 Å². The Morgan fingerprint density at radius 1 is 0.974 bits per heavy atom. The van der Waals surface area contributed by atoms with Crippen LogP contribution < -0.4 is 15.6 Å². The van der Waals surface area contributed by atoms with E-state index in [0.29, 0.717) is 27.5 Å². The number of carbonyl (C=O) groups is 4. The molecule has 9 nitrogen and oxygen atoms in total. The fraction of sp³-hybridized carbons (Fsp3) is 0.115. The molecule has 0 bridgehead atoms. The van der Waals surface area contributed by atoms with Crippen LogP contribution in [0.1, 0.15) is 27.1 Å². The molecule has 1 fully saturated rings. The van der Waals surface area contributed by atoms with E-state index >= 15 is 0 Å². The summed E-state index contributed by atoms with van der Waals surface area (Å²) in [5.74, 6) is -2.01. The highest BCUT2D eigenvalue weighted by Crippen LogP contribution is 2.28. The predicted molar refractivity (Wildman–Crippen MR) is 150 cm³/mol. The number of amides is 3. The first-order chi connectivity index (χ1) is 18.2. The molecule has 1 heterocycles. The predicted octanol–water partition coefficient (Wildman–Crippen LogP) is 4.57. The first-order valence-corrected chi connectivity index (χ1v) is 12.7. The summed E-state index contributed by atoms with van der Waals surface area (Å²) in [5.41, 5.74) is 4.18. The molecule has 0 saturated carbocycles. The molecule has 1 unspecified atom stereocenters. The van der Waals surface area contributed by atoms with E-state index in [-0.39, 0.29) is 11.5 Å². The van der Waals surface area contributed by atoms with E-state index in [0.717, 1.165) is 4.47 Å². The summed E-state index contributed by atoms with van der Waals surface area (Å²) in [6.07, 6.45) is -0.317. The summed E-state index contributed by atoms with van der Waals surface area (Å²) in [7, 11) is 1.27. The van der Waals surface area contributed by atoms with Crippen LogP contribution in [0.4, 0.5) is 11.4 Å². The first-order valence-electron chi connectivity index (χ1n) is 11.2. The van der Waals surface area contributed by atoms with E-state index < -0.39 is 29.7 Å². The van der Waals surface area contributed by atoms with Gasteiger partial charge in [0.2, 0.25) is 11.0 Å². The molecule has 0 radical (unpaired) electrons. The zero-order chi connectivity index (χ0) is 27.4. The van der Waals surface area contributed by atoms with E-state index in [2.05, 4.69) is 31.4 Å². The van der Waals surface area contributed by atoms with Crippen molar-refractivity contribution in [1.82, 2.24) is 10.4 Å². The van der Waals surface area contributed by atoms with Crippen molar-refractivity contribution >= 4 is 79.9 Å². The number of anilines is 2. The zero-order valence-corrected chi connectivity index (χ0v) is 23.0. The molecule has 2 N–H and O–H groups in total. The van der Waals surface area contributed by atoms with Gasteiger partial charge in [-0.15, -0.1) is 0 Å². The van der Waals surface area contributed by atoms with Crippen molar-refractivity contribution in [3.05, 3.63) is 93.4 Å². The van der Waals surface area contributed by atoms with Crippen LogP contribution in [0.2, 0.25) is 5.02 Å². The standard InChI is InChI=1S/C26H20BrClN4O5S/c1-37-25(36)16-4-10-19(11-5-16)29-22(33)14-21-24(35)31(20-12-8-18(28)9-13-20)26(38)32(21)30-23(34)15-2-6-17(27)7-3-15/h2-13,21H,14H2,1H3,(H,29,33)(H,30,34). The van der Waals surface area contributed by atoms with Gasteiger partial charge >= 0.3 is 5.97 Å². The number of hydrogen-bond donors (Lipinski definition) is 2. The third-order valence-corrected chi connectivity index (χ3v) is 6.76. The molecule has 3 amide bonds. The Morgan fingerprint density at radius 2 is 1.58 bits per heavy atom. The van der Waals surface area contributed by atoms with Gasteiger partial charge in [-0.25, -0.2) is 9.80 Å². The lowest BCUT2D eigenvalue weighted by molar-refractivity contribution is -0.124. The highest BCUT2D eigenvalue weighted by Gasteiger charge is 2.45. The highest BCUT2D eigenvalue weighted by atomic mass is 79.9. The molecule has 0 aliphatic carbocycles. The van der Waals surface area contributed by atoms with Gasteiger partial charge in [-0.05, 0) is 85.0 Å². The average molecular weight is 616 g/mol. The Balaban J connectivity index is 1.56. The second kappa shape index (κ2) is 11.7. The number of hydrazine groups is 1. The Morgan fingerprint density at radius 3 is 2.18 bits per heavy atom. The molecule has 1 aliphatic heterocycles. The number of nitrogens with one attached hydrogen (secondary N) is 2. The third kappa shape index (κ3) is 6.01. The Kier molecular flexibility index (Phi) is 8.40. The van der Waals surface area contributed by atoms with Gasteiger partial charge in [-0.2, -0.15) is 0 Å². The Labute approximate surface area is 236 Å². The molecule has 12 heteroatoms. The molecule has 0 spiro atoms. The molecule has 0 aromatic heterocycles. The SMILES string of the molecule is COC(=O)c1ccc(NC(=O)CC2C(=O)N(c3ccc(Cl)cc3)C(=S)N2NC(=O)c2ccc(Br)cc2)cc1. The summed E-state index contributed by atoms with van der Waals surface area (Å²) in [4.78, 5) is 52.3. The number of ether oxygens (including phenoxy) is 1. The molecule has 1 saturated heterocycles. The van der Waals surface area contributed by atoms with Crippen molar-refractivity contribution in [2.75, 3.05) is 17.3 Å². The van der Waals surface area contributed by atoms with Crippen molar-refractivity contribution < 1.29 is 23.9 Å². The molecule has 4 rings (SSSR count). The molecule has 3 aromatic rings. The van der Waals surface area contributed by atoms with Gasteiger partial charge in [0.1, 0.15) is 6.04 Å². The van der Waals surface area contributed by atoms with Gasteiger partial charge in [0.15, 0.2) is 0 Å². The van der Waals surface area contributed by atoms with Gasteiger partial charge in [0.05, 0.1) is 24.8 Å². The van der Waals surface area contributed by atoms with Crippen LogP contribution in [0.5, 0.6) is 0 Å². The number of nitrogens with zero attached hydrogens (tertiary/aromatic N) is 2. The van der Waals surface area contributed by atoms with Crippen LogP contribution in [0, 0.1) is 0 Å². The number of halogens is 2. The molecule has 3 aromatic carbocycles. The molecule has 1 aliphatic rings. The summed E-state index contributed by atoms with van der Waals surface area (Å²) in [5, 5.41) is 4.39. The minimum absolute atomic E-state index is 0.00279. The molecule has 1 atom stereocenters. The lowest BCUT2D eigenvalue weighted by Gasteiger charge is -2.24. The van der Waals surface area contributed by atoms with Gasteiger partial charge in [0.25, 0.3) is 11.8 Å². The smallest absolute Gasteiger partial charge is 0.337 e. The van der Waals surface area contributed by atoms with Crippen LogP contribution in [-0.2, 0) is 14.3 Å². The zero-order valence-electron chi connectivity index (χ0n) is 19.8. The van der Waals surface area contributed by atoms with Crippen LogP contribution in [0.25, 0.3) is 0 Å². The first kappa shape index (κ1) is 27.2. The molecular formula is C26H20BrClN4O5S. The van der Waals surface area contributed by atoms with Gasteiger partial charge in [-0.3, -0.25) is 24.7 Å². The van der Waals surface area contributed by atoms with E-state index in [1.807, 2.05) is 0 Å².